The van der Waals surface area contributed by atoms with Crippen LogP contribution < -0.4 is 9.64 Å². The van der Waals surface area contributed by atoms with Crippen molar-refractivity contribution in [3.05, 3.63) is 65.7 Å². The maximum Gasteiger partial charge on any atom is 0.337 e. The van der Waals surface area contributed by atoms with E-state index >= 15 is 0 Å². The zero-order valence-electron chi connectivity index (χ0n) is 16.9. The molecule has 5 heteroatoms. The molecule has 2 aromatic carbocycles. The first-order valence-electron chi connectivity index (χ1n) is 10.1. The zero-order valence-corrected chi connectivity index (χ0v) is 16.9. The summed E-state index contributed by atoms with van der Waals surface area (Å²) < 4.78 is 10.8. The van der Waals surface area contributed by atoms with E-state index in [0.29, 0.717) is 18.1 Å². The van der Waals surface area contributed by atoms with Gasteiger partial charge in [0.1, 0.15) is 23.7 Å². The van der Waals surface area contributed by atoms with Gasteiger partial charge in [0.15, 0.2) is 0 Å². The Morgan fingerprint density at radius 1 is 1.14 bits per heavy atom. The van der Waals surface area contributed by atoms with E-state index in [-0.39, 0.29) is 5.97 Å². The lowest BCUT2D eigenvalue weighted by molar-refractivity contribution is 0.0600. The monoisotopic (exact) mass is 390 g/mol. The molecule has 1 saturated heterocycles. The van der Waals surface area contributed by atoms with Crippen molar-refractivity contribution >= 4 is 22.7 Å². The predicted octanol–water partition coefficient (Wildman–Crippen LogP) is 4.84. The lowest BCUT2D eigenvalue weighted by Gasteiger charge is -2.32. The van der Waals surface area contributed by atoms with E-state index in [1.807, 2.05) is 24.3 Å². The molecule has 4 rings (SSSR count). The summed E-state index contributed by atoms with van der Waals surface area (Å²) in [5.74, 6) is 2.14. The summed E-state index contributed by atoms with van der Waals surface area (Å²) in [6, 6.07) is 17.5. The number of hydrogen-bond donors (Lipinski definition) is 0. The quantitative estimate of drug-likeness (QED) is 0.584. The van der Waals surface area contributed by atoms with E-state index < -0.39 is 0 Å². The Bertz CT molecular complexity index is 1000. The van der Waals surface area contributed by atoms with Gasteiger partial charge in [0, 0.05) is 18.5 Å². The summed E-state index contributed by atoms with van der Waals surface area (Å²) in [4.78, 5) is 18.9. The van der Waals surface area contributed by atoms with Crippen LogP contribution in [-0.2, 0) is 11.3 Å². The van der Waals surface area contributed by atoms with Gasteiger partial charge in [0.2, 0.25) is 0 Å². The molecule has 1 fully saturated rings. The molecule has 0 saturated carbocycles. The molecular weight excluding hydrogens is 364 g/mol. The molecule has 29 heavy (non-hydrogen) atoms. The van der Waals surface area contributed by atoms with Crippen LogP contribution in [-0.4, -0.2) is 31.2 Å². The number of piperidine rings is 1. The second kappa shape index (κ2) is 8.52. The predicted molar refractivity (Wildman–Crippen MR) is 114 cm³/mol. The van der Waals surface area contributed by atoms with Crippen molar-refractivity contribution in [3.63, 3.8) is 0 Å². The normalized spacial score (nSPS) is 16.6. The Morgan fingerprint density at radius 2 is 1.97 bits per heavy atom. The van der Waals surface area contributed by atoms with Gasteiger partial charge in [-0.1, -0.05) is 31.2 Å². The van der Waals surface area contributed by atoms with Gasteiger partial charge in [0.25, 0.3) is 0 Å². The topological polar surface area (TPSA) is 51.7 Å². The highest BCUT2D eigenvalue weighted by atomic mass is 16.5. The third kappa shape index (κ3) is 4.34. The van der Waals surface area contributed by atoms with Crippen molar-refractivity contribution in [1.82, 2.24) is 4.98 Å². The fourth-order valence-corrected chi connectivity index (χ4v) is 3.82. The number of rotatable bonds is 5. The van der Waals surface area contributed by atoms with Gasteiger partial charge in [-0.2, -0.15) is 0 Å². The van der Waals surface area contributed by atoms with Crippen molar-refractivity contribution in [1.29, 1.82) is 0 Å². The number of esters is 1. The van der Waals surface area contributed by atoms with Crippen LogP contribution in [0.3, 0.4) is 0 Å². The minimum Gasteiger partial charge on any atom is -0.487 e. The SMILES string of the molecule is COC(=O)c1ccc(COc2cccc3ccc(N4CCC[C@H](C)C4)nc23)cc1. The molecular formula is C24H26N2O3. The van der Waals surface area contributed by atoms with Crippen molar-refractivity contribution < 1.29 is 14.3 Å². The Morgan fingerprint density at radius 3 is 2.72 bits per heavy atom. The van der Waals surface area contributed by atoms with E-state index in [1.165, 1.54) is 20.0 Å². The fourth-order valence-electron chi connectivity index (χ4n) is 3.82. The van der Waals surface area contributed by atoms with Crippen LogP contribution >= 0.6 is 0 Å². The zero-order chi connectivity index (χ0) is 20.2. The lowest BCUT2D eigenvalue weighted by Crippen LogP contribution is -2.34. The first kappa shape index (κ1) is 19.2. The van der Waals surface area contributed by atoms with Crippen LogP contribution in [0.15, 0.2) is 54.6 Å². The van der Waals surface area contributed by atoms with Crippen molar-refractivity contribution in [2.24, 2.45) is 5.92 Å². The number of carbonyl (C=O) groups is 1. The van der Waals surface area contributed by atoms with Crippen LogP contribution in [0.25, 0.3) is 10.9 Å². The molecule has 5 nitrogen and oxygen atoms in total. The van der Waals surface area contributed by atoms with Crippen LogP contribution in [0.1, 0.15) is 35.7 Å². The van der Waals surface area contributed by atoms with E-state index in [2.05, 4.69) is 30.0 Å². The number of para-hydroxylation sites is 1. The van der Waals surface area contributed by atoms with Gasteiger partial charge in [-0.15, -0.1) is 0 Å². The molecule has 0 N–H and O–H groups in total. The molecule has 0 spiro atoms. The Labute approximate surface area is 171 Å². The van der Waals surface area contributed by atoms with Crippen LogP contribution in [0.4, 0.5) is 5.82 Å². The third-order valence-corrected chi connectivity index (χ3v) is 5.42. The van der Waals surface area contributed by atoms with Gasteiger partial charge in [-0.3, -0.25) is 0 Å². The summed E-state index contributed by atoms with van der Waals surface area (Å²) in [7, 11) is 1.38. The lowest BCUT2D eigenvalue weighted by atomic mass is 10.0. The molecule has 1 aliphatic rings. The van der Waals surface area contributed by atoms with Gasteiger partial charge in [-0.25, -0.2) is 9.78 Å². The number of anilines is 1. The highest BCUT2D eigenvalue weighted by Gasteiger charge is 2.18. The number of carbonyl (C=O) groups excluding carboxylic acids is 1. The molecule has 1 aromatic heterocycles. The summed E-state index contributed by atoms with van der Waals surface area (Å²) in [6.45, 7) is 4.81. The van der Waals surface area contributed by atoms with Gasteiger partial charge < -0.3 is 14.4 Å². The molecule has 3 aromatic rings. The van der Waals surface area contributed by atoms with E-state index in [0.717, 1.165) is 41.1 Å². The highest BCUT2D eigenvalue weighted by molar-refractivity contribution is 5.89. The van der Waals surface area contributed by atoms with E-state index in [9.17, 15) is 4.79 Å². The molecule has 0 radical (unpaired) electrons. The highest BCUT2D eigenvalue weighted by Crippen LogP contribution is 2.29. The first-order chi connectivity index (χ1) is 14.1. The number of aromatic nitrogens is 1. The fraction of sp³-hybridized carbons (Fsp3) is 0.333. The molecule has 0 bridgehead atoms. The van der Waals surface area contributed by atoms with Crippen molar-refractivity contribution in [3.8, 4) is 5.75 Å². The number of pyridine rings is 1. The van der Waals surface area contributed by atoms with E-state index in [4.69, 9.17) is 14.5 Å². The molecule has 0 aliphatic carbocycles. The maximum atomic E-state index is 11.6. The van der Waals surface area contributed by atoms with Crippen molar-refractivity contribution in [2.75, 3.05) is 25.1 Å². The second-order valence-corrected chi connectivity index (χ2v) is 7.67. The van der Waals surface area contributed by atoms with E-state index in [1.54, 1.807) is 12.1 Å². The standard InChI is InChI=1S/C24H26N2O3/c1-17-5-4-14-26(15-17)22-13-12-19-6-3-7-21(23(19)25-22)29-16-18-8-10-20(11-9-18)24(27)28-2/h3,6-13,17H,4-5,14-16H2,1-2H3/t17-/m0/s1. The molecule has 150 valence electrons. The second-order valence-electron chi connectivity index (χ2n) is 7.67. The number of benzene rings is 2. The van der Waals surface area contributed by atoms with Crippen LogP contribution in [0.2, 0.25) is 0 Å². The number of nitrogens with zero attached hydrogens (tertiary/aromatic N) is 2. The van der Waals surface area contributed by atoms with Gasteiger partial charge in [-0.05, 0) is 54.7 Å². The first-order valence-corrected chi connectivity index (χ1v) is 10.1. The van der Waals surface area contributed by atoms with Crippen LogP contribution in [0, 0.1) is 5.92 Å². The summed E-state index contributed by atoms with van der Waals surface area (Å²) >= 11 is 0. The number of ether oxygens (including phenoxy) is 2. The summed E-state index contributed by atoms with van der Waals surface area (Å²) in [5, 5.41) is 1.07. The Balaban J connectivity index is 1.53. The Kier molecular flexibility index (Phi) is 5.65. The number of fused-ring (bicyclic) bond motifs is 1. The third-order valence-electron chi connectivity index (χ3n) is 5.42. The molecule has 0 unspecified atom stereocenters. The summed E-state index contributed by atoms with van der Waals surface area (Å²) in [5.41, 5.74) is 2.40. The minimum atomic E-state index is -0.338. The average molecular weight is 390 g/mol. The molecule has 1 aliphatic heterocycles. The van der Waals surface area contributed by atoms with Crippen LogP contribution in [0.5, 0.6) is 5.75 Å². The van der Waals surface area contributed by atoms with Crippen molar-refractivity contribution in [2.45, 2.75) is 26.4 Å². The number of hydrogen-bond acceptors (Lipinski definition) is 5. The average Bonchev–Trinajstić information content (AvgIpc) is 2.77. The largest absolute Gasteiger partial charge is 0.487 e. The number of methoxy groups -OCH3 is 1. The molecule has 2 heterocycles. The smallest absolute Gasteiger partial charge is 0.337 e. The maximum absolute atomic E-state index is 11.6. The Hall–Kier alpha value is -3.08. The van der Waals surface area contributed by atoms with Gasteiger partial charge in [0.05, 0.1) is 12.7 Å². The summed E-state index contributed by atoms with van der Waals surface area (Å²) in [6.07, 6.45) is 2.49. The minimum absolute atomic E-state index is 0.338. The molecule has 0 amide bonds. The van der Waals surface area contributed by atoms with Gasteiger partial charge >= 0.3 is 5.97 Å². The molecule has 1 atom stereocenters.